The molecule has 1 saturated carbocycles. The maximum Gasteiger partial charge on any atom is 0.271 e. The number of carbonyl (C=O) groups excluding carboxylic acids is 1. The largest absolute Gasteiger partial charge is 0.352 e. The van der Waals surface area contributed by atoms with Crippen molar-refractivity contribution in [1.82, 2.24) is 5.32 Å². The highest BCUT2D eigenvalue weighted by molar-refractivity contribution is 6.44. The molecule has 2 unspecified atom stereocenters. The number of nitro groups is 1. The van der Waals surface area contributed by atoms with Gasteiger partial charge in [0.2, 0.25) is 0 Å². The zero-order valence-corrected chi connectivity index (χ0v) is 13.1. The van der Waals surface area contributed by atoms with Crippen molar-refractivity contribution in [1.29, 1.82) is 0 Å². The number of halogens is 2. The van der Waals surface area contributed by atoms with Gasteiger partial charge in [0.15, 0.2) is 0 Å². The molecule has 1 aromatic rings. The van der Waals surface area contributed by atoms with Gasteiger partial charge in [-0.05, 0) is 18.3 Å². The Morgan fingerprint density at radius 3 is 2.71 bits per heavy atom. The fraction of sp³-hybridized carbons (Fsp3) is 0.500. The molecule has 2 rings (SSSR count). The number of hydrogen-bond donors (Lipinski definition) is 1. The molecular weight excluding hydrogens is 315 g/mol. The minimum Gasteiger partial charge on any atom is -0.352 e. The van der Waals surface area contributed by atoms with Crippen molar-refractivity contribution in [2.24, 2.45) is 11.8 Å². The first-order valence-electron chi connectivity index (χ1n) is 6.81. The first-order chi connectivity index (χ1) is 9.90. The molecule has 1 N–H and O–H groups in total. The Hall–Kier alpha value is -1.33. The monoisotopic (exact) mass is 330 g/mol. The van der Waals surface area contributed by atoms with Crippen molar-refractivity contribution in [3.63, 3.8) is 0 Å². The van der Waals surface area contributed by atoms with Crippen molar-refractivity contribution in [3.05, 3.63) is 37.9 Å². The lowest BCUT2D eigenvalue weighted by Crippen LogP contribution is -2.30. The van der Waals surface area contributed by atoms with E-state index >= 15 is 0 Å². The normalized spacial score (nSPS) is 21.3. The van der Waals surface area contributed by atoms with Crippen molar-refractivity contribution in [2.45, 2.75) is 26.2 Å². The maximum absolute atomic E-state index is 12.2. The van der Waals surface area contributed by atoms with Crippen molar-refractivity contribution in [2.75, 3.05) is 6.54 Å². The maximum atomic E-state index is 12.2. The Morgan fingerprint density at radius 1 is 1.43 bits per heavy atom. The van der Waals surface area contributed by atoms with E-state index in [0.29, 0.717) is 18.4 Å². The van der Waals surface area contributed by atoms with Gasteiger partial charge in [0.05, 0.1) is 20.5 Å². The number of benzene rings is 1. The summed E-state index contributed by atoms with van der Waals surface area (Å²) in [5.41, 5.74) is -0.203. The third kappa shape index (κ3) is 3.66. The number of non-ortho nitro benzene ring substituents is 1. The lowest BCUT2D eigenvalue weighted by molar-refractivity contribution is -0.384. The topological polar surface area (TPSA) is 72.2 Å². The van der Waals surface area contributed by atoms with Gasteiger partial charge in [-0.25, -0.2) is 0 Å². The Morgan fingerprint density at radius 2 is 2.14 bits per heavy atom. The van der Waals surface area contributed by atoms with Gasteiger partial charge in [-0.3, -0.25) is 14.9 Å². The third-order valence-corrected chi connectivity index (χ3v) is 4.83. The molecule has 114 valence electrons. The summed E-state index contributed by atoms with van der Waals surface area (Å²) < 4.78 is 0. The van der Waals surface area contributed by atoms with Crippen LogP contribution >= 0.6 is 23.2 Å². The van der Waals surface area contributed by atoms with Gasteiger partial charge in [0.25, 0.3) is 11.6 Å². The van der Waals surface area contributed by atoms with Gasteiger partial charge in [-0.1, -0.05) is 43.0 Å². The minimum absolute atomic E-state index is 0.00486. The van der Waals surface area contributed by atoms with Crippen LogP contribution in [0.25, 0.3) is 0 Å². The van der Waals surface area contributed by atoms with Crippen LogP contribution in [0.2, 0.25) is 10.0 Å². The number of amides is 1. The summed E-state index contributed by atoms with van der Waals surface area (Å²) in [4.78, 5) is 22.4. The quantitative estimate of drug-likeness (QED) is 0.668. The molecule has 7 heteroatoms. The molecule has 0 radical (unpaired) electrons. The lowest BCUT2D eigenvalue weighted by atomic mass is 9.98. The molecule has 0 saturated heterocycles. The van der Waals surface area contributed by atoms with Crippen LogP contribution in [0.4, 0.5) is 5.69 Å². The second-order valence-corrected chi connectivity index (χ2v) is 6.21. The summed E-state index contributed by atoms with van der Waals surface area (Å²) >= 11 is 11.8. The molecule has 21 heavy (non-hydrogen) atoms. The molecule has 0 spiro atoms. The average Bonchev–Trinajstić information content (AvgIpc) is 2.84. The summed E-state index contributed by atoms with van der Waals surface area (Å²) in [6.45, 7) is 2.72. The molecule has 0 heterocycles. The molecule has 1 aliphatic carbocycles. The van der Waals surface area contributed by atoms with Crippen LogP contribution < -0.4 is 5.32 Å². The summed E-state index contributed by atoms with van der Waals surface area (Å²) in [7, 11) is 0. The van der Waals surface area contributed by atoms with Crippen LogP contribution in [-0.4, -0.2) is 17.4 Å². The van der Waals surface area contributed by atoms with Gasteiger partial charge in [-0.2, -0.15) is 0 Å². The number of hydrogen-bond acceptors (Lipinski definition) is 3. The number of nitrogens with one attached hydrogen (secondary N) is 1. The zero-order valence-electron chi connectivity index (χ0n) is 11.6. The lowest BCUT2D eigenvalue weighted by Gasteiger charge is -2.16. The van der Waals surface area contributed by atoms with Gasteiger partial charge in [0, 0.05) is 18.7 Å². The predicted octanol–water partition coefficient (Wildman–Crippen LogP) is 4.07. The number of rotatable bonds is 4. The highest BCUT2D eigenvalue weighted by Gasteiger charge is 2.25. The van der Waals surface area contributed by atoms with Crippen molar-refractivity contribution >= 4 is 34.8 Å². The molecule has 5 nitrogen and oxygen atoms in total. The van der Waals surface area contributed by atoms with Gasteiger partial charge in [-0.15, -0.1) is 0 Å². The van der Waals surface area contributed by atoms with E-state index < -0.39 is 10.8 Å². The molecule has 0 aliphatic heterocycles. The highest BCUT2D eigenvalue weighted by atomic mass is 35.5. The Kier molecular flexibility index (Phi) is 5.06. The molecule has 1 aliphatic rings. The van der Waals surface area contributed by atoms with E-state index in [-0.39, 0.29) is 21.3 Å². The fourth-order valence-corrected chi connectivity index (χ4v) is 3.10. The van der Waals surface area contributed by atoms with E-state index in [9.17, 15) is 14.9 Å². The predicted molar refractivity (Wildman–Crippen MR) is 82.0 cm³/mol. The summed E-state index contributed by atoms with van der Waals surface area (Å²) in [6, 6.07) is 2.29. The van der Waals surface area contributed by atoms with E-state index in [2.05, 4.69) is 12.2 Å². The molecule has 0 bridgehead atoms. The van der Waals surface area contributed by atoms with Gasteiger partial charge < -0.3 is 5.32 Å². The molecule has 1 aromatic carbocycles. The standard InChI is InChI=1S/C14H16Cl2N2O3/c1-8-3-2-4-9(8)7-17-14(19)11-5-10(18(20)21)6-12(15)13(11)16/h5-6,8-9H,2-4,7H2,1H3,(H,17,19). The van der Waals surface area contributed by atoms with E-state index in [1.54, 1.807) is 0 Å². The summed E-state index contributed by atoms with van der Waals surface area (Å²) in [6.07, 6.45) is 3.43. The first-order valence-corrected chi connectivity index (χ1v) is 7.57. The highest BCUT2D eigenvalue weighted by Crippen LogP contribution is 2.32. The van der Waals surface area contributed by atoms with Crippen LogP contribution in [0.3, 0.4) is 0 Å². The Labute approximate surface area is 132 Å². The third-order valence-electron chi connectivity index (χ3n) is 4.03. The van der Waals surface area contributed by atoms with Crippen LogP contribution in [0.1, 0.15) is 36.5 Å². The molecule has 1 amide bonds. The number of nitro benzene ring substituents is 1. The van der Waals surface area contributed by atoms with E-state index in [4.69, 9.17) is 23.2 Å². The molecular formula is C14H16Cl2N2O3. The molecule has 1 fully saturated rings. The summed E-state index contributed by atoms with van der Waals surface area (Å²) in [5, 5.41) is 13.7. The SMILES string of the molecule is CC1CCCC1CNC(=O)c1cc([N+](=O)[O-])cc(Cl)c1Cl. The van der Waals surface area contributed by atoms with Crippen LogP contribution in [0, 0.1) is 22.0 Å². The zero-order chi connectivity index (χ0) is 15.6. The van der Waals surface area contributed by atoms with E-state index in [0.717, 1.165) is 18.6 Å². The van der Waals surface area contributed by atoms with E-state index in [1.165, 1.54) is 12.8 Å². The van der Waals surface area contributed by atoms with Crippen molar-refractivity contribution < 1.29 is 9.72 Å². The minimum atomic E-state index is -0.599. The Balaban J connectivity index is 2.13. The fourth-order valence-electron chi connectivity index (χ4n) is 2.69. The second-order valence-electron chi connectivity index (χ2n) is 5.42. The number of nitrogens with zero attached hydrogens (tertiary/aromatic N) is 1. The van der Waals surface area contributed by atoms with Crippen LogP contribution in [-0.2, 0) is 0 Å². The molecule has 2 atom stereocenters. The second kappa shape index (κ2) is 6.62. The van der Waals surface area contributed by atoms with Crippen molar-refractivity contribution in [3.8, 4) is 0 Å². The summed E-state index contributed by atoms with van der Waals surface area (Å²) in [5.74, 6) is 0.598. The first kappa shape index (κ1) is 16.0. The Bertz CT molecular complexity index is 578. The van der Waals surface area contributed by atoms with E-state index in [1.807, 2.05) is 0 Å². The van der Waals surface area contributed by atoms with Gasteiger partial charge >= 0.3 is 0 Å². The average molecular weight is 331 g/mol. The van der Waals surface area contributed by atoms with Crippen LogP contribution in [0.15, 0.2) is 12.1 Å². The smallest absolute Gasteiger partial charge is 0.271 e. The molecule has 0 aromatic heterocycles. The number of carbonyl (C=O) groups is 1. The van der Waals surface area contributed by atoms with Gasteiger partial charge in [0.1, 0.15) is 0 Å². The van der Waals surface area contributed by atoms with Crippen LogP contribution in [0.5, 0.6) is 0 Å².